The summed E-state index contributed by atoms with van der Waals surface area (Å²) in [5.74, 6) is -0.800. The highest BCUT2D eigenvalue weighted by atomic mass is 19.1. The molecule has 7 nitrogen and oxygen atoms in total. The van der Waals surface area contributed by atoms with Gasteiger partial charge in [-0.1, -0.05) is 18.2 Å². The maximum atomic E-state index is 13.0. The highest BCUT2D eigenvalue weighted by Gasteiger charge is 2.29. The molecule has 2 amide bonds. The number of nitro benzene ring substituents is 1. The first kappa shape index (κ1) is 18.5. The Morgan fingerprint density at radius 1 is 1.26 bits per heavy atom. The molecule has 140 valence electrons. The molecule has 0 spiro atoms. The second-order valence-corrected chi connectivity index (χ2v) is 6.49. The van der Waals surface area contributed by atoms with Gasteiger partial charge in [0.25, 0.3) is 11.6 Å². The Morgan fingerprint density at radius 3 is 2.70 bits per heavy atom. The van der Waals surface area contributed by atoms with Crippen molar-refractivity contribution in [1.82, 2.24) is 10.2 Å². The van der Waals surface area contributed by atoms with Crippen LogP contribution in [0.1, 0.15) is 22.3 Å². The van der Waals surface area contributed by atoms with Gasteiger partial charge in [-0.2, -0.15) is 0 Å². The number of non-ortho nitro benzene ring substituents is 1. The number of rotatable bonds is 6. The minimum Gasteiger partial charge on any atom is -0.352 e. The number of halogens is 1. The minimum absolute atomic E-state index is 0.0195. The van der Waals surface area contributed by atoms with E-state index in [-0.39, 0.29) is 28.9 Å². The smallest absolute Gasteiger partial charge is 0.270 e. The van der Waals surface area contributed by atoms with Gasteiger partial charge in [0.2, 0.25) is 5.91 Å². The average Bonchev–Trinajstić information content (AvgIpc) is 3.01. The Labute approximate surface area is 154 Å². The van der Waals surface area contributed by atoms with E-state index in [1.54, 1.807) is 17.0 Å². The summed E-state index contributed by atoms with van der Waals surface area (Å²) in [6.07, 6.45) is 0.316. The van der Waals surface area contributed by atoms with Crippen LogP contribution in [0.3, 0.4) is 0 Å². The maximum absolute atomic E-state index is 13.0. The molecule has 1 N–H and O–H groups in total. The van der Waals surface area contributed by atoms with Crippen LogP contribution in [0.4, 0.5) is 10.1 Å². The van der Waals surface area contributed by atoms with Crippen LogP contribution in [0.15, 0.2) is 48.5 Å². The van der Waals surface area contributed by atoms with Crippen molar-refractivity contribution >= 4 is 17.5 Å². The largest absolute Gasteiger partial charge is 0.352 e. The molecule has 1 aliphatic rings. The summed E-state index contributed by atoms with van der Waals surface area (Å²) in [4.78, 5) is 36.3. The Balaban J connectivity index is 1.54. The van der Waals surface area contributed by atoms with Gasteiger partial charge >= 0.3 is 0 Å². The van der Waals surface area contributed by atoms with Crippen LogP contribution >= 0.6 is 0 Å². The molecule has 0 bridgehead atoms. The van der Waals surface area contributed by atoms with Crippen molar-refractivity contribution in [2.24, 2.45) is 5.92 Å². The monoisotopic (exact) mass is 371 g/mol. The van der Waals surface area contributed by atoms with Crippen LogP contribution in [-0.2, 0) is 11.3 Å². The van der Waals surface area contributed by atoms with Gasteiger partial charge in [-0.05, 0) is 23.8 Å². The number of hydrogen-bond acceptors (Lipinski definition) is 4. The van der Waals surface area contributed by atoms with E-state index < -0.39 is 10.8 Å². The lowest BCUT2D eigenvalue weighted by molar-refractivity contribution is -0.384. The Morgan fingerprint density at radius 2 is 2.00 bits per heavy atom. The number of carbonyl (C=O) groups is 2. The van der Waals surface area contributed by atoms with Gasteiger partial charge in [0.05, 0.1) is 4.92 Å². The quantitative estimate of drug-likeness (QED) is 0.624. The molecule has 0 radical (unpaired) electrons. The zero-order valence-electron chi connectivity index (χ0n) is 14.4. The normalized spacial score (nSPS) is 16.4. The topological polar surface area (TPSA) is 92.6 Å². The lowest BCUT2D eigenvalue weighted by Gasteiger charge is -2.17. The number of nitro groups is 1. The molecule has 0 saturated carbocycles. The van der Waals surface area contributed by atoms with E-state index in [2.05, 4.69) is 5.32 Å². The summed E-state index contributed by atoms with van der Waals surface area (Å²) in [5.41, 5.74) is 0.895. The zero-order valence-corrected chi connectivity index (χ0v) is 14.4. The van der Waals surface area contributed by atoms with Crippen molar-refractivity contribution in [3.05, 3.63) is 75.6 Å². The molecule has 1 heterocycles. The molecule has 0 aliphatic carbocycles. The average molecular weight is 371 g/mol. The third kappa shape index (κ3) is 4.66. The fourth-order valence-corrected chi connectivity index (χ4v) is 3.05. The Bertz CT molecular complexity index is 870. The number of likely N-dealkylation sites (tertiary alicyclic amines) is 1. The minimum atomic E-state index is -0.556. The first-order valence-corrected chi connectivity index (χ1v) is 8.47. The molecule has 8 heteroatoms. The van der Waals surface area contributed by atoms with Crippen molar-refractivity contribution in [3.8, 4) is 0 Å². The van der Waals surface area contributed by atoms with Gasteiger partial charge in [-0.15, -0.1) is 0 Å². The maximum Gasteiger partial charge on any atom is 0.270 e. The number of nitrogens with zero attached hydrogens (tertiary/aromatic N) is 2. The lowest BCUT2D eigenvalue weighted by atomic mass is 10.1. The van der Waals surface area contributed by atoms with Gasteiger partial charge in [-0.3, -0.25) is 19.7 Å². The molecule has 2 aromatic carbocycles. The number of nitrogens with one attached hydrogen (secondary N) is 1. The highest BCUT2D eigenvalue weighted by Crippen LogP contribution is 2.20. The summed E-state index contributed by atoms with van der Waals surface area (Å²) in [6, 6.07) is 11.5. The zero-order chi connectivity index (χ0) is 19.4. The first-order chi connectivity index (χ1) is 12.9. The third-order valence-electron chi connectivity index (χ3n) is 4.45. The van der Waals surface area contributed by atoms with Gasteiger partial charge < -0.3 is 10.2 Å². The fourth-order valence-electron chi connectivity index (χ4n) is 3.05. The molecule has 1 unspecified atom stereocenters. The third-order valence-corrected chi connectivity index (χ3v) is 4.45. The van der Waals surface area contributed by atoms with Crippen LogP contribution in [0.5, 0.6) is 0 Å². The summed E-state index contributed by atoms with van der Waals surface area (Å²) >= 11 is 0. The SMILES string of the molecule is O=C(NCC1CC(=O)N(Cc2ccc(F)cc2)C1)c1cccc([N+](=O)[O-])c1. The number of carbonyl (C=O) groups excluding carboxylic acids is 2. The molecule has 27 heavy (non-hydrogen) atoms. The van der Waals surface area contributed by atoms with E-state index >= 15 is 0 Å². The van der Waals surface area contributed by atoms with Crippen molar-refractivity contribution in [2.75, 3.05) is 13.1 Å². The number of hydrogen-bond donors (Lipinski definition) is 1. The fraction of sp³-hybridized carbons (Fsp3) is 0.263. The van der Waals surface area contributed by atoms with Crippen molar-refractivity contribution < 1.29 is 18.9 Å². The molecular weight excluding hydrogens is 353 g/mol. The van der Waals surface area contributed by atoms with E-state index in [9.17, 15) is 24.1 Å². The molecule has 1 atom stereocenters. The Hall–Kier alpha value is -3.29. The highest BCUT2D eigenvalue weighted by molar-refractivity contribution is 5.94. The first-order valence-electron chi connectivity index (χ1n) is 8.47. The second kappa shape index (κ2) is 7.94. The standard InChI is InChI=1S/C19H18FN3O4/c20-16-6-4-13(5-7-16)11-22-12-14(8-18(22)24)10-21-19(25)15-2-1-3-17(9-15)23(26)27/h1-7,9,14H,8,10-12H2,(H,21,25). The molecule has 1 fully saturated rings. The molecule has 0 aromatic heterocycles. The summed E-state index contributed by atoms with van der Waals surface area (Å²) < 4.78 is 13.0. The van der Waals surface area contributed by atoms with E-state index in [0.29, 0.717) is 26.1 Å². The van der Waals surface area contributed by atoms with E-state index in [1.807, 2.05) is 0 Å². The van der Waals surface area contributed by atoms with Gasteiger partial charge in [-0.25, -0.2) is 4.39 Å². The Kier molecular flexibility index (Phi) is 5.44. The summed E-state index contributed by atoms with van der Waals surface area (Å²) in [6.45, 7) is 1.19. The van der Waals surface area contributed by atoms with E-state index in [0.717, 1.165) is 5.56 Å². The summed E-state index contributed by atoms with van der Waals surface area (Å²) in [5, 5.41) is 13.5. The van der Waals surface area contributed by atoms with Gasteiger partial charge in [0.1, 0.15) is 5.82 Å². The van der Waals surface area contributed by atoms with Crippen molar-refractivity contribution in [1.29, 1.82) is 0 Å². The van der Waals surface area contributed by atoms with Crippen LogP contribution in [0.25, 0.3) is 0 Å². The molecule has 3 rings (SSSR count). The van der Waals surface area contributed by atoms with Gasteiger partial charge in [0, 0.05) is 49.7 Å². The van der Waals surface area contributed by atoms with Gasteiger partial charge in [0.15, 0.2) is 0 Å². The van der Waals surface area contributed by atoms with Crippen LogP contribution in [0, 0.1) is 21.8 Å². The van der Waals surface area contributed by atoms with Crippen molar-refractivity contribution in [2.45, 2.75) is 13.0 Å². The molecule has 1 aliphatic heterocycles. The molecule has 2 aromatic rings. The van der Waals surface area contributed by atoms with E-state index in [1.165, 1.54) is 36.4 Å². The van der Waals surface area contributed by atoms with Crippen LogP contribution in [-0.4, -0.2) is 34.7 Å². The molecular formula is C19H18FN3O4. The molecule has 1 saturated heterocycles. The van der Waals surface area contributed by atoms with Crippen LogP contribution < -0.4 is 5.32 Å². The predicted molar refractivity (Wildman–Crippen MR) is 95.4 cm³/mol. The predicted octanol–water partition coefficient (Wildman–Crippen LogP) is 2.51. The lowest BCUT2D eigenvalue weighted by Crippen LogP contribution is -2.31. The van der Waals surface area contributed by atoms with Crippen LogP contribution in [0.2, 0.25) is 0 Å². The van der Waals surface area contributed by atoms with E-state index in [4.69, 9.17) is 0 Å². The second-order valence-electron chi connectivity index (χ2n) is 6.49. The van der Waals surface area contributed by atoms with Crippen molar-refractivity contribution in [3.63, 3.8) is 0 Å². The number of amides is 2. The number of benzene rings is 2. The summed E-state index contributed by atoms with van der Waals surface area (Å²) in [7, 11) is 0.